The van der Waals surface area contributed by atoms with Crippen LogP contribution in [0.3, 0.4) is 0 Å². The van der Waals surface area contributed by atoms with Crippen molar-refractivity contribution < 1.29 is 4.79 Å². The maximum absolute atomic E-state index is 12.2. The number of aromatic nitrogens is 2. The molecule has 21 heavy (non-hydrogen) atoms. The fourth-order valence-electron chi connectivity index (χ4n) is 3.63. The van der Waals surface area contributed by atoms with E-state index >= 15 is 0 Å². The van der Waals surface area contributed by atoms with Gasteiger partial charge in [0, 0.05) is 24.7 Å². The maximum Gasteiger partial charge on any atom is 0.220 e. The fourth-order valence-corrected chi connectivity index (χ4v) is 3.63. The molecular formula is C16H26N4O. The van der Waals surface area contributed by atoms with E-state index in [1.807, 2.05) is 17.9 Å². The minimum absolute atomic E-state index is 0.166. The standard InChI is InChI=1S/C16H26N4O/c1-20-15-6-2-5-14(13(15)11-18-20)19-16(21)8-7-12-4-3-9-17-10-12/h11-12,14,17H,2-10H2,1H3,(H,19,21). The van der Waals surface area contributed by atoms with E-state index in [1.165, 1.54) is 24.1 Å². The molecule has 1 aromatic rings. The van der Waals surface area contributed by atoms with Crippen molar-refractivity contribution in [2.75, 3.05) is 13.1 Å². The topological polar surface area (TPSA) is 59.0 Å². The molecule has 1 aromatic heterocycles. The van der Waals surface area contributed by atoms with E-state index in [-0.39, 0.29) is 11.9 Å². The van der Waals surface area contributed by atoms with Crippen molar-refractivity contribution in [3.63, 3.8) is 0 Å². The van der Waals surface area contributed by atoms with Gasteiger partial charge in [-0.1, -0.05) is 0 Å². The monoisotopic (exact) mass is 290 g/mol. The third-order valence-electron chi connectivity index (χ3n) is 4.89. The van der Waals surface area contributed by atoms with Crippen molar-refractivity contribution >= 4 is 5.91 Å². The Labute approximate surface area is 126 Å². The first-order valence-electron chi connectivity index (χ1n) is 8.25. The number of hydrogen-bond donors (Lipinski definition) is 2. The number of nitrogens with zero attached hydrogens (tertiary/aromatic N) is 2. The van der Waals surface area contributed by atoms with Gasteiger partial charge in [-0.25, -0.2) is 0 Å². The largest absolute Gasteiger partial charge is 0.349 e. The van der Waals surface area contributed by atoms with Gasteiger partial charge in [0.2, 0.25) is 5.91 Å². The van der Waals surface area contributed by atoms with Crippen LogP contribution in [0.1, 0.15) is 55.8 Å². The highest BCUT2D eigenvalue weighted by atomic mass is 16.1. The molecule has 5 nitrogen and oxygen atoms in total. The van der Waals surface area contributed by atoms with Crippen LogP contribution in [0.15, 0.2) is 6.20 Å². The van der Waals surface area contributed by atoms with Gasteiger partial charge in [-0.2, -0.15) is 5.10 Å². The average molecular weight is 290 g/mol. The zero-order valence-corrected chi connectivity index (χ0v) is 12.9. The Kier molecular flexibility index (Phi) is 4.58. The first kappa shape index (κ1) is 14.6. The van der Waals surface area contributed by atoms with E-state index in [4.69, 9.17) is 0 Å². The fraction of sp³-hybridized carbons (Fsp3) is 0.750. The SMILES string of the molecule is Cn1ncc2c1CCCC2NC(=O)CCC1CCCNC1. The quantitative estimate of drug-likeness (QED) is 0.887. The van der Waals surface area contributed by atoms with Crippen LogP contribution in [0.2, 0.25) is 0 Å². The number of amides is 1. The number of rotatable bonds is 4. The number of carbonyl (C=O) groups is 1. The Morgan fingerprint density at radius 3 is 3.19 bits per heavy atom. The van der Waals surface area contributed by atoms with Gasteiger partial charge in [-0.05, 0) is 57.5 Å². The summed E-state index contributed by atoms with van der Waals surface area (Å²) < 4.78 is 1.95. The second-order valence-electron chi connectivity index (χ2n) is 6.43. The summed E-state index contributed by atoms with van der Waals surface area (Å²) in [5.74, 6) is 0.868. The van der Waals surface area contributed by atoms with E-state index < -0.39 is 0 Å². The lowest BCUT2D eigenvalue weighted by Crippen LogP contribution is -2.33. The average Bonchev–Trinajstić information content (AvgIpc) is 2.89. The molecule has 0 radical (unpaired) electrons. The molecule has 2 heterocycles. The van der Waals surface area contributed by atoms with Crippen molar-refractivity contribution in [1.82, 2.24) is 20.4 Å². The number of hydrogen-bond acceptors (Lipinski definition) is 3. The Hall–Kier alpha value is -1.36. The van der Waals surface area contributed by atoms with Gasteiger partial charge >= 0.3 is 0 Å². The van der Waals surface area contributed by atoms with Crippen LogP contribution >= 0.6 is 0 Å². The Morgan fingerprint density at radius 2 is 2.38 bits per heavy atom. The van der Waals surface area contributed by atoms with Crippen molar-refractivity contribution in [2.45, 2.75) is 51.0 Å². The number of carbonyl (C=O) groups excluding carboxylic acids is 1. The molecule has 2 aliphatic rings. The van der Waals surface area contributed by atoms with E-state index in [0.717, 1.165) is 38.8 Å². The van der Waals surface area contributed by atoms with Gasteiger partial charge in [-0.3, -0.25) is 9.48 Å². The van der Waals surface area contributed by atoms with Gasteiger partial charge in [0.25, 0.3) is 0 Å². The molecular weight excluding hydrogens is 264 g/mol. The number of piperidine rings is 1. The third kappa shape index (κ3) is 3.46. The van der Waals surface area contributed by atoms with Gasteiger partial charge in [-0.15, -0.1) is 0 Å². The minimum Gasteiger partial charge on any atom is -0.349 e. The molecule has 2 N–H and O–H groups in total. The summed E-state index contributed by atoms with van der Waals surface area (Å²) in [5, 5.41) is 11.0. The van der Waals surface area contributed by atoms with Gasteiger partial charge in [0.1, 0.15) is 0 Å². The highest BCUT2D eigenvalue weighted by Crippen LogP contribution is 2.29. The van der Waals surface area contributed by atoms with E-state index in [1.54, 1.807) is 0 Å². The Balaban J connectivity index is 1.51. The molecule has 0 bridgehead atoms. The highest BCUT2D eigenvalue weighted by molar-refractivity contribution is 5.76. The molecule has 0 aromatic carbocycles. The third-order valence-corrected chi connectivity index (χ3v) is 4.89. The van der Waals surface area contributed by atoms with E-state index in [0.29, 0.717) is 12.3 Å². The molecule has 2 atom stereocenters. The van der Waals surface area contributed by atoms with Crippen molar-refractivity contribution in [2.24, 2.45) is 13.0 Å². The van der Waals surface area contributed by atoms with Crippen LogP contribution in [0, 0.1) is 5.92 Å². The highest BCUT2D eigenvalue weighted by Gasteiger charge is 2.25. The lowest BCUT2D eigenvalue weighted by molar-refractivity contribution is -0.122. The number of fused-ring (bicyclic) bond motifs is 1. The van der Waals surface area contributed by atoms with Crippen molar-refractivity contribution in [1.29, 1.82) is 0 Å². The first-order valence-corrected chi connectivity index (χ1v) is 8.25. The number of nitrogens with one attached hydrogen (secondary N) is 2. The summed E-state index contributed by atoms with van der Waals surface area (Å²) >= 11 is 0. The normalized spacial score (nSPS) is 25.4. The maximum atomic E-state index is 12.2. The van der Waals surface area contributed by atoms with E-state index in [9.17, 15) is 4.79 Å². The lowest BCUT2D eigenvalue weighted by Gasteiger charge is -2.25. The number of aryl methyl sites for hydroxylation is 1. The molecule has 1 saturated heterocycles. The molecule has 5 heteroatoms. The van der Waals surface area contributed by atoms with Gasteiger partial charge < -0.3 is 10.6 Å². The van der Waals surface area contributed by atoms with Crippen molar-refractivity contribution in [3.8, 4) is 0 Å². The van der Waals surface area contributed by atoms with Gasteiger partial charge in [0.15, 0.2) is 0 Å². The molecule has 3 rings (SSSR count). The van der Waals surface area contributed by atoms with Crippen LogP contribution in [0.4, 0.5) is 0 Å². The van der Waals surface area contributed by atoms with Crippen LogP contribution in [-0.2, 0) is 18.3 Å². The Morgan fingerprint density at radius 1 is 1.48 bits per heavy atom. The summed E-state index contributed by atoms with van der Waals surface area (Å²) in [6.07, 6.45) is 9.32. The molecule has 116 valence electrons. The zero-order valence-electron chi connectivity index (χ0n) is 12.9. The minimum atomic E-state index is 0.166. The molecule has 1 aliphatic carbocycles. The summed E-state index contributed by atoms with van der Waals surface area (Å²) in [5.41, 5.74) is 2.50. The molecule has 1 fully saturated rings. The zero-order chi connectivity index (χ0) is 14.7. The smallest absolute Gasteiger partial charge is 0.220 e. The van der Waals surface area contributed by atoms with Crippen LogP contribution in [0.5, 0.6) is 0 Å². The molecule has 0 spiro atoms. The Bertz CT molecular complexity index is 490. The van der Waals surface area contributed by atoms with Crippen molar-refractivity contribution in [3.05, 3.63) is 17.5 Å². The summed E-state index contributed by atoms with van der Waals surface area (Å²) in [6.45, 7) is 2.21. The predicted molar refractivity (Wildman–Crippen MR) is 81.9 cm³/mol. The summed E-state index contributed by atoms with van der Waals surface area (Å²) in [6, 6.07) is 0.166. The second kappa shape index (κ2) is 6.60. The molecule has 2 unspecified atom stereocenters. The van der Waals surface area contributed by atoms with Crippen LogP contribution < -0.4 is 10.6 Å². The first-order chi connectivity index (χ1) is 10.2. The summed E-state index contributed by atoms with van der Waals surface area (Å²) in [7, 11) is 1.99. The lowest BCUT2D eigenvalue weighted by atomic mass is 9.92. The van der Waals surface area contributed by atoms with Gasteiger partial charge in [0.05, 0.1) is 12.2 Å². The van der Waals surface area contributed by atoms with E-state index in [2.05, 4.69) is 15.7 Å². The van der Waals surface area contributed by atoms with Crippen LogP contribution in [-0.4, -0.2) is 28.8 Å². The molecule has 0 saturated carbocycles. The summed E-state index contributed by atoms with van der Waals surface area (Å²) in [4.78, 5) is 12.2. The second-order valence-corrected chi connectivity index (χ2v) is 6.43. The molecule has 1 aliphatic heterocycles. The predicted octanol–water partition coefficient (Wildman–Crippen LogP) is 1.69. The van der Waals surface area contributed by atoms with Crippen LogP contribution in [0.25, 0.3) is 0 Å². The molecule has 1 amide bonds.